The van der Waals surface area contributed by atoms with Gasteiger partial charge in [-0.15, -0.1) is 0 Å². The smallest absolute Gasteiger partial charge is 0.130 e. The molecule has 0 saturated carbocycles. The van der Waals surface area contributed by atoms with Gasteiger partial charge in [0.1, 0.15) is 11.6 Å². The fourth-order valence-corrected chi connectivity index (χ4v) is 1.68. The second-order valence-corrected chi connectivity index (χ2v) is 4.68. The minimum Gasteiger partial charge on any atom is -0.367 e. The molecule has 1 aromatic rings. The van der Waals surface area contributed by atoms with Gasteiger partial charge in [0.2, 0.25) is 0 Å². The Labute approximate surface area is 98.9 Å². The first-order chi connectivity index (χ1) is 7.54. The Hall–Kier alpha value is -1.25. The molecule has 3 nitrogen and oxygen atoms in total. The molecule has 0 saturated heterocycles. The largest absolute Gasteiger partial charge is 0.367 e. The van der Waals surface area contributed by atoms with Gasteiger partial charge in [-0.3, -0.25) is 0 Å². The minimum atomic E-state index is 0.491. The molecule has 1 unspecified atom stereocenters. The van der Waals surface area contributed by atoms with Crippen molar-refractivity contribution < 1.29 is 0 Å². The van der Waals surface area contributed by atoms with E-state index in [2.05, 4.69) is 31.1 Å². The maximum atomic E-state index is 4.56. The van der Waals surface area contributed by atoms with Crippen LogP contribution in [0, 0.1) is 5.92 Å². The molecular formula is C13H23N3. The number of hydrogen-bond donors (Lipinski definition) is 1. The quantitative estimate of drug-likeness (QED) is 0.828. The lowest BCUT2D eigenvalue weighted by Crippen LogP contribution is -2.25. The normalized spacial score (nSPS) is 12.6. The lowest BCUT2D eigenvalue weighted by molar-refractivity contribution is 0.510. The Morgan fingerprint density at radius 2 is 2.00 bits per heavy atom. The highest BCUT2D eigenvalue weighted by atomic mass is 15.2. The van der Waals surface area contributed by atoms with Crippen LogP contribution in [0.3, 0.4) is 0 Å². The number of pyridine rings is 1. The molecule has 0 spiro atoms. The van der Waals surface area contributed by atoms with Gasteiger partial charge in [-0.2, -0.15) is 0 Å². The summed E-state index contributed by atoms with van der Waals surface area (Å²) in [6.45, 7) is 6.67. The number of rotatable bonds is 5. The zero-order valence-corrected chi connectivity index (χ0v) is 11.0. The molecule has 1 N–H and O–H groups in total. The van der Waals surface area contributed by atoms with Gasteiger partial charge in [0.15, 0.2) is 0 Å². The number of anilines is 2. The van der Waals surface area contributed by atoms with E-state index in [4.69, 9.17) is 0 Å². The molecule has 0 fully saturated rings. The Kier molecular flexibility index (Phi) is 4.59. The summed E-state index contributed by atoms with van der Waals surface area (Å²) in [4.78, 5) is 6.57. The highest BCUT2D eigenvalue weighted by molar-refractivity contribution is 5.46. The van der Waals surface area contributed by atoms with E-state index in [1.807, 2.05) is 37.2 Å². The van der Waals surface area contributed by atoms with Crippen LogP contribution in [0.4, 0.5) is 11.6 Å². The molecule has 0 aliphatic rings. The Balaban J connectivity index is 2.76. The number of hydrogen-bond acceptors (Lipinski definition) is 3. The van der Waals surface area contributed by atoms with Crippen LogP contribution in [0.15, 0.2) is 18.2 Å². The van der Waals surface area contributed by atoms with Gasteiger partial charge in [-0.05, 0) is 24.5 Å². The first kappa shape index (κ1) is 12.8. The van der Waals surface area contributed by atoms with E-state index >= 15 is 0 Å². The van der Waals surface area contributed by atoms with Crippen molar-refractivity contribution in [1.29, 1.82) is 0 Å². The van der Waals surface area contributed by atoms with Crippen LogP contribution in [-0.2, 0) is 0 Å². The minimum absolute atomic E-state index is 0.491. The second kappa shape index (κ2) is 5.73. The summed E-state index contributed by atoms with van der Waals surface area (Å²) in [5, 5.41) is 3.49. The maximum Gasteiger partial charge on any atom is 0.130 e. The van der Waals surface area contributed by atoms with E-state index in [9.17, 15) is 0 Å². The highest BCUT2D eigenvalue weighted by Gasteiger charge is 2.11. The molecule has 0 aliphatic carbocycles. The topological polar surface area (TPSA) is 28.2 Å². The summed E-state index contributed by atoms with van der Waals surface area (Å²) in [5.74, 6) is 2.57. The van der Waals surface area contributed by atoms with Gasteiger partial charge in [0.05, 0.1) is 0 Å². The zero-order valence-electron chi connectivity index (χ0n) is 11.0. The molecule has 1 heterocycles. The van der Waals surface area contributed by atoms with Crippen molar-refractivity contribution in [1.82, 2.24) is 4.98 Å². The van der Waals surface area contributed by atoms with Crippen LogP contribution in [0.1, 0.15) is 27.2 Å². The van der Waals surface area contributed by atoms with Crippen molar-refractivity contribution in [3.8, 4) is 0 Å². The molecule has 90 valence electrons. The summed E-state index contributed by atoms with van der Waals surface area (Å²) in [5.41, 5.74) is 0. The third kappa shape index (κ3) is 3.40. The molecule has 0 amide bonds. The van der Waals surface area contributed by atoms with Gasteiger partial charge >= 0.3 is 0 Å². The van der Waals surface area contributed by atoms with Gasteiger partial charge in [0, 0.05) is 20.1 Å². The molecule has 1 atom stereocenters. The fourth-order valence-electron chi connectivity index (χ4n) is 1.68. The van der Waals surface area contributed by atoms with Crippen molar-refractivity contribution in [2.45, 2.75) is 33.2 Å². The van der Waals surface area contributed by atoms with E-state index in [0.29, 0.717) is 12.0 Å². The summed E-state index contributed by atoms with van der Waals surface area (Å²) in [6, 6.07) is 6.57. The summed E-state index contributed by atoms with van der Waals surface area (Å²) < 4.78 is 0. The molecule has 0 radical (unpaired) electrons. The van der Waals surface area contributed by atoms with Crippen LogP contribution in [0.5, 0.6) is 0 Å². The fraction of sp³-hybridized carbons (Fsp3) is 0.615. The standard InChI is InChI=1S/C13H23N3/c1-6-11(10(2)3)14-12-8-7-9-13(15-12)16(4)5/h7-11H,6H2,1-5H3,(H,14,15). The summed E-state index contributed by atoms with van der Waals surface area (Å²) in [6.07, 6.45) is 1.12. The maximum absolute atomic E-state index is 4.56. The van der Waals surface area contributed by atoms with Crippen LogP contribution < -0.4 is 10.2 Å². The number of nitrogens with zero attached hydrogens (tertiary/aromatic N) is 2. The van der Waals surface area contributed by atoms with Gasteiger partial charge < -0.3 is 10.2 Å². The lowest BCUT2D eigenvalue weighted by Gasteiger charge is -2.22. The first-order valence-corrected chi connectivity index (χ1v) is 5.95. The third-order valence-corrected chi connectivity index (χ3v) is 2.77. The van der Waals surface area contributed by atoms with Gasteiger partial charge in [-0.1, -0.05) is 26.8 Å². The van der Waals surface area contributed by atoms with Crippen molar-refractivity contribution in [3.05, 3.63) is 18.2 Å². The average molecular weight is 221 g/mol. The Bertz CT molecular complexity index is 321. The van der Waals surface area contributed by atoms with Crippen LogP contribution in [0.2, 0.25) is 0 Å². The van der Waals surface area contributed by atoms with E-state index < -0.39 is 0 Å². The third-order valence-electron chi connectivity index (χ3n) is 2.77. The van der Waals surface area contributed by atoms with Crippen molar-refractivity contribution in [3.63, 3.8) is 0 Å². The monoisotopic (exact) mass is 221 g/mol. The molecule has 1 rings (SSSR count). The molecule has 3 heteroatoms. The van der Waals surface area contributed by atoms with Crippen molar-refractivity contribution in [2.24, 2.45) is 5.92 Å². The van der Waals surface area contributed by atoms with E-state index in [-0.39, 0.29) is 0 Å². The highest BCUT2D eigenvalue weighted by Crippen LogP contribution is 2.16. The predicted octanol–water partition coefficient (Wildman–Crippen LogP) is 2.99. The molecule has 16 heavy (non-hydrogen) atoms. The molecule has 0 aromatic carbocycles. The summed E-state index contributed by atoms with van der Waals surface area (Å²) >= 11 is 0. The van der Waals surface area contributed by atoms with Crippen molar-refractivity contribution in [2.75, 3.05) is 24.3 Å². The van der Waals surface area contributed by atoms with E-state index in [0.717, 1.165) is 18.1 Å². The second-order valence-electron chi connectivity index (χ2n) is 4.68. The zero-order chi connectivity index (χ0) is 12.1. The van der Waals surface area contributed by atoms with E-state index in [1.54, 1.807) is 0 Å². The summed E-state index contributed by atoms with van der Waals surface area (Å²) in [7, 11) is 4.01. The molecule has 1 aromatic heterocycles. The van der Waals surface area contributed by atoms with Crippen LogP contribution >= 0.6 is 0 Å². The Morgan fingerprint density at radius 3 is 2.50 bits per heavy atom. The first-order valence-electron chi connectivity index (χ1n) is 5.95. The molecular weight excluding hydrogens is 198 g/mol. The average Bonchev–Trinajstić information content (AvgIpc) is 2.25. The Morgan fingerprint density at radius 1 is 1.31 bits per heavy atom. The van der Waals surface area contributed by atoms with Gasteiger partial charge in [-0.25, -0.2) is 4.98 Å². The molecule has 0 aliphatic heterocycles. The van der Waals surface area contributed by atoms with Crippen LogP contribution in [-0.4, -0.2) is 25.1 Å². The van der Waals surface area contributed by atoms with Gasteiger partial charge in [0.25, 0.3) is 0 Å². The van der Waals surface area contributed by atoms with E-state index in [1.165, 1.54) is 0 Å². The number of nitrogens with one attached hydrogen (secondary N) is 1. The predicted molar refractivity (Wildman–Crippen MR) is 71.1 cm³/mol. The lowest BCUT2D eigenvalue weighted by atomic mass is 10.0. The van der Waals surface area contributed by atoms with Crippen LogP contribution in [0.25, 0.3) is 0 Å². The van der Waals surface area contributed by atoms with Crippen molar-refractivity contribution >= 4 is 11.6 Å². The molecule has 0 bridgehead atoms. The number of aromatic nitrogens is 1. The SMILES string of the molecule is CCC(Nc1cccc(N(C)C)n1)C(C)C.